The van der Waals surface area contributed by atoms with Gasteiger partial charge in [-0.15, -0.1) is 0 Å². The average Bonchev–Trinajstić information content (AvgIpc) is 2.16. The van der Waals surface area contributed by atoms with E-state index in [0.717, 1.165) is 0 Å². The van der Waals surface area contributed by atoms with E-state index in [1.807, 2.05) is 0 Å². The fourth-order valence-corrected chi connectivity index (χ4v) is 0.983. The predicted octanol–water partition coefficient (Wildman–Crippen LogP) is 1.59. The van der Waals surface area contributed by atoms with Gasteiger partial charge in [-0.2, -0.15) is 0 Å². The van der Waals surface area contributed by atoms with Crippen molar-refractivity contribution in [2.24, 2.45) is 0 Å². The van der Waals surface area contributed by atoms with E-state index in [0.29, 0.717) is 5.69 Å². The summed E-state index contributed by atoms with van der Waals surface area (Å²) in [5.74, 6) is 0. The molecule has 5 heteroatoms. The molecule has 0 atom stereocenters. The normalized spacial score (nSPS) is 9.69. The summed E-state index contributed by atoms with van der Waals surface area (Å²) in [4.78, 5) is 15.0. The quantitative estimate of drug-likeness (QED) is 0.526. The molecule has 5 nitrogen and oxygen atoms in total. The molecule has 0 fully saturated rings. The largest absolute Gasteiger partial charge is 0.294 e. The molecule has 13 heavy (non-hydrogen) atoms. The fourth-order valence-electron chi connectivity index (χ4n) is 0.983. The van der Waals surface area contributed by atoms with Gasteiger partial charge in [0, 0.05) is 13.1 Å². The van der Waals surface area contributed by atoms with Crippen molar-refractivity contribution in [1.29, 1.82) is 0 Å². The summed E-state index contributed by atoms with van der Waals surface area (Å²) in [7, 11) is 3.07. The van der Waals surface area contributed by atoms with E-state index in [4.69, 9.17) is 4.84 Å². The van der Waals surface area contributed by atoms with E-state index in [2.05, 4.69) is 0 Å². The summed E-state index contributed by atoms with van der Waals surface area (Å²) in [6, 6.07) is 6.40. The highest BCUT2D eigenvalue weighted by Crippen LogP contribution is 2.26. The number of rotatable bonds is 3. The Hall–Kier alpha value is -1.62. The summed E-state index contributed by atoms with van der Waals surface area (Å²) in [5, 5.41) is 11.9. The first-order valence-electron chi connectivity index (χ1n) is 3.68. The van der Waals surface area contributed by atoms with Crippen LogP contribution in [0.1, 0.15) is 0 Å². The minimum atomic E-state index is -0.440. The van der Waals surface area contributed by atoms with Crippen molar-refractivity contribution in [2.45, 2.75) is 0 Å². The van der Waals surface area contributed by atoms with Gasteiger partial charge >= 0.3 is 0 Å². The second-order valence-corrected chi connectivity index (χ2v) is 2.43. The molecule has 0 N–H and O–H groups in total. The lowest BCUT2D eigenvalue weighted by Gasteiger charge is -2.14. The van der Waals surface area contributed by atoms with Crippen LogP contribution in [0.2, 0.25) is 0 Å². The number of para-hydroxylation sites is 2. The zero-order valence-electron chi connectivity index (χ0n) is 7.43. The van der Waals surface area contributed by atoms with Crippen molar-refractivity contribution < 1.29 is 9.76 Å². The van der Waals surface area contributed by atoms with Gasteiger partial charge in [-0.05, 0) is 6.07 Å². The average molecular weight is 182 g/mol. The van der Waals surface area contributed by atoms with Gasteiger partial charge in [-0.25, -0.2) is 0 Å². The molecule has 0 heterocycles. The van der Waals surface area contributed by atoms with Crippen molar-refractivity contribution in [1.82, 2.24) is 0 Å². The molecule has 1 aromatic carbocycles. The lowest BCUT2D eigenvalue weighted by Crippen LogP contribution is -2.15. The zero-order chi connectivity index (χ0) is 9.84. The smallest absolute Gasteiger partial charge is 0.277 e. The predicted molar refractivity (Wildman–Crippen MR) is 48.5 cm³/mol. The molecule has 0 saturated carbocycles. The maximum Gasteiger partial charge on any atom is 0.294 e. The topological polar surface area (TPSA) is 55.6 Å². The van der Waals surface area contributed by atoms with Crippen molar-refractivity contribution in [3.63, 3.8) is 0 Å². The van der Waals surface area contributed by atoms with E-state index in [9.17, 15) is 10.1 Å². The third-order valence-corrected chi connectivity index (χ3v) is 1.69. The summed E-state index contributed by atoms with van der Waals surface area (Å²) in [6.07, 6.45) is 0. The molecule has 1 aromatic rings. The molecule has 0 saturated heterocycles. The number of nitro groups is 1. The monoisotopic (exact) mass is 182 g/mol. The Bertz CT molecular complexity index is 314. The van der Waals surface area contributed by atoms with Crippen LogP contribution in [-0.2, 0) is 4.84 Å². The molecule has 70 valence electrons. The van der Waals surface area contributed by atoms with E-state index >= 15 is 0 Å². The summed E-state index contributed by atoms with van der Waals surface area (Å²) in [6.45, 7) is 0. The number of nitrogens with zero attached hydrogens (tertiary/aromatic N) is 2. The molecule has 0 aliphatic rings. The molecule has 0 amide bonds. The minimum absolute atomic E-state index is 0.0341. The number of hydroxylamine groups is 1. The van der Waals surface area contributed by atoms with Gasteiger partial charge < -0.3 is 0 Å². The van der Waals surface area contributed by atoms with Gasteiger partial charge in [0.25, 0.3) is 5.69 Å². The molecule has 1 rings (SSSR count). The molecule has 0 unspecified atom stereocenters. The first-order chi connectivity index (χ1) is 6.16. The van der Waals surface area contributed by atoms with Crippen molar-refractivity contribution in [3.8, 4) is 0 Å². The first-order valence-corrected chi connectivity index (χ1v) is 3.68. The molecule has 0 aliphatic heterocycles. The second kappa shape index (κ2) is 3.86. The van der Waals surface area contributed by atoms with Crippen molar-refractivity contribution >= 4 is 11.4 Å². The van der Waals surface area contributed by atoms with Gasteiger partial charge in [0.15, 0.2) is 0 Å². The van der Waals surface area contributed by atoms with Gasteiger partial charge in [0.2, 0.25) is 0 Å². The van der Waals surface area contributed by atoms with Crippen LogP contribution in [0, 0.1) is 10.1 Å². The Kier molecular flexibility index (Phi) is 2.81. The Labute approximate surface area is 75.6 Å². The fraction of sp³-hybridized carbons (Fsp3) is 0.250. The van der Waals surface area contributed by atoms with E-state index < -0.39 is 4.92 Å². The number of benzene rings is 1. The molecular weight excluding hydrogens is 172 g/mol. The van der Waals surface area contributed by atoms with Gasteiger partial charge in [0.05, 0.1) is 12.0 Å². The third-order valence-electron chi connectivity index (χ3n) is 1.69. The molecular formula is C8H10N2O3. The number of nitro benzene ring substituents is 1. The standard InChI is InChI=1S/C8H10N2O3/c1-9(13-2)7-5-3-4-6-8(7)10(11)12/h3-6H,1-2H3. The van der Waals surface area contributed by atoms with Crippen LogP contribution >= 0.6 is 0 Å². The van der Waals surface area contributed by atoms with Gasteiger partial charge in [-0.3, -0.25) is 20.0 Å². The van der Waals surface area contributed by atoms with Crippen LogP contribution < -0.4 is 5.06 Å². The number of hydrogen-bond acceptors (Lipinski definition) is 4. The number of anilines is 1. The van der Waals surface area contributed by atoms with Crippen LogP contribution in [0.25, 0.3) is 0 Å². The molecule has 0 aromatic heterocycles. The van der Waals surface area contributed by atoms with Gasteiger partial charge in [-0.1, -0.05) is 12.1 Å². The maximum atomic E-state index is 10.6. The van der Waals surface area contributed by atoms with Crippen molar-refractivity contribution in [2.75, 3.05) is 19.2 Å². The Morgan fingerprint density at radius 2 is 2.08 bits per heavy atom. The van der Waals surface area contributed by atoms with E-state index in [1.165, 1.54) is 18.2 Å². The van der Waals surface area contributed by atoms with Crippen LogP contribution in [0.15, 0.2) is 24.3 Å². The van der Waals surface area contributed by atoms with Gasteiger partial charge in [0.1, 0.15) is 5.69 Å². The maximum absolute atomic E-state index is 10.6. The van der Waals surface area contributed by atoms with Crippen LogP contribution in [0.5, 0.6) is 0 Å². The summed E-state index contributed by atoms with van der Waals surface area (Å²) >= 11 is 0. The molecule has 0 spiro atoms. The SMILES string of the molecule is CON(C)c1ccccc1[N+](=O)[O-]. The third kappa shape index (κ3) is 1.94. The second-order valence-electron chi connectivity index (χ2n) is 2.43. The summed E-state index contributed by atoms with van der Waals surface area (Å²) < 4.78 is 0. The van der Waals surface area contributed by atoms with Crippen LogP contribution in [0.4, 0.5) is 11.4 Å². The molecule has 0 bridgehead atoms. The first kappa shape index (κ1) is 9.47. The molecule has 0 aliphatic carbocycles. The highest BCUT2D eigenvalue weighted by molar-refractivity contribution is 5.61. The Morgan fingerprint density at radius 3 is 2.62 bits per heavy atom. The number of hydrogen-bond donors (Lipinski definition) is 0. The summed E-state index contributed by atoms with van der Waals surface area (Å²) in [5.41, 5.74) is 0.474. The van der Waals surface area contributed by atoms with E-state index in [1.54, 1.807) is 25.2 Å². The van der Waals surface area contributed by atoms with Crippen molar-refractivity contribution in [3.05, 3.63) is 34.4 Å². The Morgan fingerprint density at radius 1 is 1.46 bits per heavy atom. The minimum Gasteiger partial charge on any atom is -0.277 e. The Balaban J connectivity index is 3.11. The lowest BCUT2D eigenvalue weighted by molar-refractivity contribution is -0.384. The van der Waals surface area contributed by atoms with Crippen LogP contribution in [0.3, 0.4) is 0 Å². The molecule has 0 radical (unpaired) electrons. The van der Waals surface area contributed by atoms with E-state index in [-0.39, 0.29) is 5.69 Å². The lowest BCUT2D eigenvalue weighted by atomic mass is 10.3. The highest BCUT2D eigenvalue weighted by atomic mass is 16.7. The zero-order valence-corrected chi connectivity index (χ0v) is 7.43. The highest BCUT2D eigenvalue weighted by Gasteiger charge is 2.15. The van der Waals surface area contributed by atoms with Crippen LogP contribution in [-0.4, -0.2) is 19.1 Å².